The maximum absolute atomic E-state index is 12.3. The zero-order chi connectivity index (χ0) is 15.7. The molecule has 5 nitrogen and oxygen atoms in total. The minimum Gasteiger partial charge on any atom is -0.495 e. The van der Waals surface area contributed by atoms with Gasteiger partial charge in [0, 0.05) is 19.1 Å². The number of hydrogen-bond donors (Lipinski definition) is 2. The molecule has 128 valence electrons. The van der Waals surface area contributed by atoms with E-state index in [4.69, 9.17) is 10.5 Å². The third-order valence-corrected chi connectivity index (χ3v) is 4.98. The van der Waals surface area contributed by atoms with Crippen molar-refractivity contribution in [2.45, 2.75) is 25.8 Å². The third-order valence-electron chi connectivity index (χ3n) is 4.98. The van der Waals surface area contributed by atoms with E-state index in [1.54, 1.807) is 7.11 Å². The molecule has 1 aliphatic heterocycles. The number of methoxy groups -OCH3 is 1. The van der Waals surface area contributed by atoms with Crippen LogP contribution in [0.5, 0.6) is 5.75 Å². The van der Waals surface area contributed by atoms with Gasteiger partial charge in [-0.2, -0.15) is 0 Å². The first-order valence-corrected chi connectivity index (χ1v) is 7.99. The molecule has 1 saturated carbocycles. The zero-order valence-electron chi connectivity index (χ0n) is 13.7. The first-order chi connectivity index (χ1) is 10.6. The molecule has 2 fully saturated rings. The van der Waals surface area contributed by atoms with Crippen LogP contribution in [-0.2, 0) is 4.79 Å². The second-order valence-corrected chi connectivity index (χ2v) is 6.61. The number of carbonyl (C=O) groups excluding carboxylic acids is 1. The quantitative estimate of drug-likeness (QED) is 0.880. The molecule has 23 heavy (non-hydrogen) atoms. The van der Waals surface area contributed by atoms with E-state index in [9.17, 15) is 4.79 Å². The Labute approximate surface area is 144 Å². The minimum atomic E-state index is 0. The first-order valence-electron chi connectivity index (χ1n) is 7.99. The number of nitrogens with two attached hydrogens (primary N) is 1. The van der Waals surface area contributed by atoms with Gasteiger partial charge in [0.15, 0.2) is 0 Å². The van der Waals surface area contributed by atoms with E-state index in [2.05, 4.69) is 10.2 Å². The minimum absolute atomic E-state index is 0. The number of benzene rings is 1. The molecular formula is C17H26ClN3O2. The van der Waals surface area contributed by atoms with Crippen LogP contribution < -0.4 is 15.8 Å². The Balaban J connectivity index is 0.00000192. The summed E-state index contributed by atoms with van der Waals surface area (Å²) in [5.74, 6) is 1.95. The lowest BCUT2D eigenvalue weighted by Crippen LogP contribution is -2.34. The number of nitrogens with one attached hydrogen (secondary N) is 1. The average Bonchev–Trinajstić information content (AvgIpc) is 3.01. The highest BCUT2D eigenvalue weighted by Crippen LogP contribution is 2.37. The summed E-state index contributed by atoms with van der Waals surface area (Å²) in [6.45, 7) is 4.37. The average molecular weight is 340 g/mol. The predicted molar refractivity (Wildman–Crippen MR) is 94.2 cm³/mol. The summed E-state index contributed by atoms with van der Waals surface area (Å²) in [6, 6.07) is 6.10. The van der Waals surface area contributed by atoms with Gasteiger partial charge in [0.25, 0.3) is 0 Å². The number of carbonyl (C=O) groups is 1. The van der Waals surface area contributed by atoms with E-state index in [0.29, 0.717) is 30.2 Å². The van der Waals surface area contributed by atoms with E-state index < -0.39 is 0 Å². The molecule has 1 saturated heterocycles. The highest BCUT2D eigenvalue weighted by atomic mass is 35.5. The molecule has 3 rings (SSSR count). The molecule has 1 aromatic rings. The molecule has 1 aromatic carbocycles. The van der Waals surface area contributed by atoms with Crippen molar-refractivity contribution < 1.29 is 9.53 Å². The number of rotatable bonds is 4. The van der Waals surface area contributed by atoms with Crippen LogP contribution >= 0.6 is 12.4 Å². The van der Waals surface area contributed by atoms with Crippen LogP contribution in [0.3, 0.4) is 0 Å². The van der Waals surface area contributed by atoms with Crippen molar-refractivity contribution in [2.75, 3.05) is 32.1 Å². The molecule has 1 amide bonds. The SMILES string of the molecule is COc1ccc(C)cc1NC(=O)CN1CC2CCC(N)C2C1.Cl. The molecule has 3 N–H and O–H groups in total. The van der Waals surface area contributed by atoms with Crippen LogP contribution in [0.1, 0.15) is 18.4 Å². The Morgan fingerprint density at radius 2 is 2.17 bits per heavy atom. The fourth-order valence-electron chi connectivity index (χ4n) is 3.84. The van der Waals surface area contributed by atoms with Crippen LogP contribution in [0.2, 0.25) is 0 Å². The van der Waals surface area contributed by atoms with Gasteiger partial charge in [0.1, 0.15) is 5.75 Å². The Morgan fingerprint density at radius 1 is 1.39 bits per heavy atom. The van der Waals surface area contributed by atoms with Gasteiger partial charge >= 0.3 is 0 Å². The summed E-state index contributed by atoms with van der Waals surface area (Å²) < 4.78 is 5.30. The van der Waals surface area contributed by atoms with Gasteiger partial charge < -0.3 is 15.8 Å². The number of hydrogen-bond acceptors (Lipinski definition) is 4. The smallest absolute Gasteiger partial charge is 0.238 e. The lowest BCUT2D eigenvalue weighted by atomic mass is 9.98. The fraction of sp³-hybridized carbons (Fsp3) is 0.588. The molecular weight excluding hydrogens is 314 g/mol. The van der Waals surface area contributed by atoms with Gasteiger partial charge in [-0.15, -0.1) is 12.4 Å². The Kier molecular flexibility index (Phi) is 5.89. The highest BCUT2D eigenvalue weighted by molar-refractivity contribution is 5.93. The summed E-state index contributed by atoms with van der Waals surface area (Å²) in [5, 5.41) is 2.97. The Hall–Kier alpha value is -1.30. The van der Waals surface area contributed by atoms with Crippen molar-refractivity contribution in [1.82, 2.24) is 4.90 Å². The number of likely N-dealkylation sites (tertiary alicyclic amines) is 1. The largest absolute Gasteiger partial charge is 0.495 e. The van der Waals surface area contributed by atoms with E-state index in [0.717, 1.165) is 30.8 Å². The summed E-state index contributed by atoms with van der Waals surface area (Å²) in [7, 11) is 1.61. The van der Waals surface area contributed by atoms with Crippen LogP contribution in [0.4, 0.5) is 5.69 Å². The Bertz CT molecular complexity index is 567. The number of ether oxygens (including phenoxy) is 1. The third kappa shape index (κ3) is 3.97. The highest BCUT2D eigenvalue weighted by Gasteiger charge is 2.41. The number of nitrogens with zero attached hydrogens (tertiary/aromatic N) is 1. The van der Waals surface area contributed by atoms with Crippen LogP contribution in [0.15, 0.2) is 18.2 Å². The monoisotopic (exact) mass is 339 g/mol. The maximum atomic E-state index is 12.3. The van der Waals surface area contributed by atoms with Gasteiger partial charge in [-0.25, -0.2) is 0 Å². The molecule has 0 radical (unpaired) electrons. The van der Waals surface area contributed by atoms with Gasteiger partial charge in [0.2, 0.25) is 5.91 Å². The summed E-state index contributed by atoms with van der Waals surface area (Å²) in [6.07, 6.45) is 2.34. The molecule has 0 spiro atoms. The molecule has 1 aliphatic carbocycles. The van der Waals surface area contributed by atoms with Crippen molar-refractivity contribution in [3.05, 3.63) is 23.8 Å². The molecule has 6 heteroatoms. The molecule has 2 aliphatic rings. The maximum Gasteiger partial charge on any atom is 0.238 e. The van der Waals surface area contributed by atoms with E-state index in [1.807, 2.05) is 25.1 Å². The van der Waals surface area contributed by atoms with Crippen molar-refractivity contribution in [2.24, 2.45) is 17.6 Å². The molecule has 3 atom stereocenters. The lowest BCUT2D eigenvalue weighted by molar-refractivity contribution is -0.117. The summed E-state index contributed by atoms with van der Waals surface area (Å²) in [4.78, 5) is 14.5. The number of amides is 1. The van der Waals surface area contributed by atoms with Crippen LogP contribution in [-0.4, -0.2) is 43.6 Å². The number of aryl methyl sites for hydroxylation is 1. The standard InChI is InChI=1S/C17H25N3O2.ClH/c1-11-3-6-16(22-2)15(7-11)19-17(21)10-20-8-12-4-5-14(18)13(12)9-20;/h3,6-7,12-14H,4-5,8-10,18H2,1-2H3,(H,19,21);1H. The number of fused-ring (bicyclic) bond motifs is 1. The normalized spacial score (nSPS) is 26.5. The van der Waals surface area contributed by atoms with Crippen molar-refractivity contribution in [1.29, 1.82) is 0 Å². The zero-order valence-corrected chi connectivity index (χ0v) is 14.6. The summed E-state index contributed by atoms with van der Waals surface area (Å²) >= 11 is 0. The van der Waals surface area contributed by atoms with Crippen LogP contribution in [0.25, 0.3) is 0 Å². The van der Waals surface area contributed by atoms with Gasteiger partial charge in [0.05, 0.1) is 19.3 Å². The van der Waals surface area contributed by atoms with Gasteiger partial charge in [-0.05, 0) is 49.3 Å². The van der Waals surface area contributed by atoms with Crippen LogP contribution in [0, 0.1) is 18.8 Å². The van der Waals surface area contributed by atoms with Gasteiger partial charge in [-0.1, -0.05) is 6.07 Å². The molecule has 3 unspecified atom stereocenters. The number of anilines is 1. The topological polar surface area (TPSA) is 67.6 Å². The number of halogens is 1. The van der Waals surface area contributed by atoms with Crippen molar-refractivity contribution >= 4 is 24.0 Å². The first kappa shape index (κ1) is 18.0. The van der Waals surface area contributed by atoms with E-state index in [-0.39, 0.29) is 18.3 Å². The summed E-state index contributed by atoms with van der Waals surface area (Å²) in [5.41, 5.74) is 7.98. The molecule has 0 bridgehead atoms. The second-order valence-electron chi connectivity index (χ2n) is 6.61. The van der Waals surface area contributed by atoms with E-state index >= 15 is 0 Å². The van der Waals surface area contributed by atoms with E-state index in [1.165, 1.54) is 6.42 Å². The predicted octanol–water partition coefficient (Wildman–Crippen LogP) is 2.03. The van der Waals surface area contributed by atoms with Crippen molar-refractivity contribution in [3.8, 4) is 5.75 Å². The van der Waals surface area contributed by atoms with Gasteiger partial charge in [-0.3, -0.25) is 9.69 Å². The molecule has 0 aromatic heterocycles. The van der Waals surface area contributed by atoms with Crippen molar-refractivity contribution in [3.63, 3.8) is 0 Å². The fourth-order valence-corrected chi connectivity index (χ4v) is 3.84. The second kappa shape index (κ2) is 7.51. The molecule has 1 heterocycles. The lowest BCUT2D eigenvalue weighted by Gasteiger charge is -2.18. The Morgan fingerprint density at radius 3 is 2.87 bits per heavy atom.